The van der Waals surface area contributed by atoms with Gasteiger partial charge >= 0.3 is 0 Å². The summed E-state index contributed by atoms with van der Waals surface area (Å²) in [5, 5.41) is 0. The van der Waals surface area contributed by atoms with E-state index in [-0.39, 0.29) is 11.5 Å². The molecule has 14 heavy (non-hydrogen) atoms. The fourth-order valence-corrected chi connectivity index (χ4v) is 3.00. The fraction of sp³-hybridized carbons (Fsp3) is 0.875. The Bertz CT molecular complexity index is 336. The summed E-state index contributed by atoms with van der Waals surface area (Å²) < 4.78 is 26.4. The van der Waals surface area contributed by atoms with E-state index in [1.807, 2.05) is 0 Å². The van der Waals surface area contributed by atoms with Crippen LogP contribution in [0.15, 0.2) is 0 Å². The first kappa shape index (κ1) is 9.92. The van der Waals surface area contributed by atoms with Crippen LogP contribution in [0.5, 0.6) is 0 Å². The lowest BCUT2D eigenvalue weighted by Gasteiger charge is -2.57. The molecule has 0 aromatic rings. The van der Waals surface area contributed by atoms with Crippen molar-refractivity contribution < 1.29 is 17.4 Å². The molecule has 1 heterocycles. The van der Waals surface area contributed by atoms with E-state index < -0.39 is 10.1 Å². The number of rotatable bonds is 3. The number of hydrogen-bond donors (Lipinski definition) is 0. The highest BCUT2D eigenvalue weighted by atomic mass is 32.2. The number of amides is 1. The van der Waals surface area contributed by atoms with Gasteiger partial charge in [0.15, 0.2) is 0 Å². The van der Waals surface area contributed by atoms with Gasteiger partial charge in [0.25, 0.3) is 10.1 Å². The Labute approximate surface area is 83.2 Å². The molecule has 2 rings (SSSR count). The largest absolute Gasteiger partial charge is 0.344 e. The van der Waals surface area contributed by atoms with Gasteiger partial charge in [0.05, 0.1) is 12.4 Å². The van der Waals surface area contributed by atoms with Crippen molar-refractivity contribution in [3.05, 3.63) is 0 Å². The van der Waals surface area contributed by atoms with E-state index in [4.69, 9.17) is 4.18 Å². The molecule has 1 spiro atoms. The Morgan fingerprint density at radius 1 is 1.43 bits per heavy atom. The van der Waals surface area contributed by atoms with Crippen molar-refractivity contribution in [3.63, 3.8) is 0 Å². The Morgan fingerprint density at radius 3 is 2.43 bits per heavy atom. The molecular formula is C8H13NO4S. The molecule has 0 radical (unpaired) electrons. The van der Waals surface area contributed by atoms with E-state index in [9.17, 15) is 13.2 Å². The van der Waals surface area contributed by atoms with Crippen LogP contribution in [0.2, 0.25) is 0 Å². The SMILES string of the molecule is CS(=O)(=O)OC1CC2(C1)CN(C=O)C2. The number of nitrogens with zero attached hydrogens (tertiary/aromatic N) is 1. The van der Waals surface area contributed by atoms with E-state index in [1.165, 1.54) is 0 Å². The third-order valence-electron chi connectivity index (χ3n) is 2.86. The minimum atomic E-state index is -3.32. The zero-order valence-corrected chi connectivity index (χ0v) is 8.79. The first-order chi connectivity index (χ1) is 6.42. The molecule has 6 heteroatoms. The highest BCUT2D eigenvalue weighted by Crippen LogP contribution is 2.49. The lowest BCUT2D eigenvalue weighted by molar-refractivity contribution is -0.147. The van der Waals surface area contributed by atoms with Gasteiger partial charge in [-0.05, 0) is 12.8 Å². The first-order valence-corrected chi connectivity index (χ1v) is 6.32. The van der Waals surface area contributed by atoms with Gasteiger partial charge in [-0.25, -0.2) is 0 Å². The Morgan fingerprint density at radius 2 is 2.00 bits per heavy atom. The molecule has 1 amide bonds. The number of hydrogen-bond acceptors (Lipinski definition) is 4. The number of likely N-dealkylation sites (tertiary alicyclic amines) is 1. The molecule has 0 unspecified atom stereocenters. The monoisotopic (exact) mass is 219 g/mol. The summed E-state index contributed by atoms with van der Waals surface area (Å²) in [4.78, 5) is 12.0. The minimum Gasteiger partial charge on any atom is -0.344 e. The van der Waals surface area contributed by atoms with Gasteiger partial charge in [0.2, 0.25) is 6.41 Å². The maximum atomic E-state index is 10.8. The molecule has 0 atom stereocenters. The van der Waals surface area contributed by atoms with Crippen molar-refractivity contribution in [1.29, 1.82) is 0 Å². The molecule has 1 saturated heterocycles. The molecule has 0 bridgehead atoms. The summed E-state index contributed by atoms with van der Waals surface area (Å²) in [7, 11) is -3.32. The summed E-state index contributed by atoms with van der Waals surface area (Å²) in [5.74, 6) is 0. The van der Waals surface area contributed by atoms with Crippen LogP contribution in [0, 0.1) is 5.41 Å². The number of carbonyl (C=O) groups is 1. The quantitative estimate of drug-likeness (QED) is 0.478. The topological polar surface area (TPSA) is 63.7 Å². The summed E-state index contributed by atoms with van der Waals surface area (Å²) in [6.07, 6.45) is 3.24. The van der Waals surface area contributed by atoms with Crippen LogP contribution in [0.1, 0.15) is 12.8 Å². The predicted octanol–water partition coefficient (Wildman–Crippen LogP) is -0.417. The van der Waals surface area contributed by atoms with Crippen molar-refractivity contribution in [1.82, 2.24) is 4.90 Å². The molecule has 1 aliphatic heterocycles. The van der Waals surface area contributed by atoms with E-state index in [1.54, 1.807) is 4.90 Å². The maximum Gasteiger partial charge on any atom is 0.264 e. The molecule has 0 aromatic heterocycles. The van der Waals surface area contributed by atoms with Crippen LogP contribution >= 0.6 is 0 Å². The lowest BCUT2D eigenvalue weighted by Crippen LogP contribution is -2.63. The Kier molecular flexibility index (Phi) is 2.08. The molecule has 0 aromatic carbocycles. The van der Waals surface area contributed by atoms with Crippen LogP contribution in [-0.4, -0.2) is 45.2 Å². The van der Waals surface area contributed by atoms with Crippen LogP contribution in [0.25, 0.3) is 0 Å². The molecular weight excluding hydrogens is 206 g/mol. The van der Waals surface area contributed by atoms with Crippen molar-refractivity contribution in [2.45, 2.75) is 18.9 Å². The average Bonchev–Trinajstić information content (AvgIpc) is 1.88. The van der Waals surface area contributed by atoms with E-state index in [2.05, 4.69) is 0 Å². The summed E-state index contributed by atoms with van der Waals surface area (Å²) in [6.45, 7) is 1.50. The van der Waals surface area contributed by atoms with Gasteiger partial charge in [-0.2, -0.15) is 8.42 Å². The van der Waals surface area contributed by atoms with Gasteiger partial charge in [-0.1, -0.05) is 0 Å². The van der Waals surface area contributed by atoms with Gasteiger partial charge in [0.1, 0.15) is 0 Å². The zero-order valence-electron chi connectivity index (χ0n) is 7.97. The second kappa shape index (κ2) is 2.93. The molecule has 2 aliphatic rings. The molecule has 2 fully saturated rings. The van der Waals surface area contributed by atoms with E-state index in [0.717, 1.165) is 38.6 Å². The fourth-order valence-electron chi connectivity index (χ4n) is 2.37. The standard InChI is InChI=1S/C8H13NO4S/c1-14(11,12)13-7-2-8(3-7)4-9(5-8)6-10/h6-7H,2-5H2,1H3. The van der Waals surface area contributed by atoms with Crippen LogP contribution in [0.3, 0.4) is 0 Å². The van der Waals surface area contributed by atoms with Gasteiger partial charge < -0.3 is 4.90 Å². The maximum absolute atomic E-state index is 10.8. The Balaban J connectivity index is 1.78. The van der Waals surface area contributed by atoms with Gasteiger partial charge in [-0.3, -0.25) is 8.98 Å². The second-order valence-electron chi connectivity index (χ2n) is 4.34. The van der Waals surface area contributed by atoms with Gasteiger partial charge in [0, 0.05) is 18.5 Å². The zero-order chi connectivity index (χ0) is 10.4. The van der Waals surface area contributed by atoms with Gasteiger partial charge in [-0.15, -0.1) is 0 Å². The summed E-state index contributed by atoms with van der Waals surface area (Å²) in [6, 6.07) is 0. The lowest BCUT2D eigenvalue weighted by atomic mass is 9.62. The molecule has 1 saturated carbocycles. The van der Waals surface area contributed by atoms with Crippen LogP contribution in [0.4, 0.5) is 0 Å². The number of carbonyl (C=O) groups excluding carboxylic acids is 1. The van der Waals surface area contributed by atoms with E-state index in [0.29, 0.717) is 0 Å². The summed E-state index contributed by atoms with van der Waals surface area (Å²) in [5.41, 5.74) is 0.163. The smallest absolute Gasteiger partial charge is 0.264 e. The van der Waals surface area contributed by atoms with Crippen LogP contribution < -0.4 is 0 Å². The summed E-state index contributed by atoms with van der Waals surface area (Å²) >= 11 is 0. The van der Waals surface area contributed by atoms with Crippen molar-refractivity contribution in [2.24, 2.45) is 5.41 Å². The Hall–Kier alpha value is -0.620. The van der Waals surface area contributed by atoms with Crippen molar-refractivity contribution in [2.75, 3.05) is 19.3 Å². The van der Waals surface area contributed by atoms with Crippen LogP contribution in [-0.2, 0) is 19.1 Å². The molecule has 80 valence electrons. The normalized spacial score (nSPS) is 25.6. The predicted molar refractivity (Wildman–Crippen MR) is 49.0 cm³/mol. The third kappa shape index (κ3) is 1.76. The highest BCUT2D eigenvalue weighted by Gasteiger charge is 2.53. The first-order valence-electron chi connectivity index (χ1n) is 4.50. The highest BCUT2D eigenvalue weighted by molar-refractivity contribution is 7.86. The van der Waals surface area contributed by atoms with E-state index >= 15 is 0 Å². The van der Waals surface area contributed by atoms with Crippen molar-refractivity contribution in [3.8, 4) is 0 Å². The third-order valence-corrected chi connectivity index (χ3v) is 3.48. The average molecular weight is 219 g/mol. The molecule has 5 nitrogen and oxygen atoms in total. The molecule has 1 aliphatic carbocycles. The minimum absolute atomic E-state index is 0.163. The van der Waals surface area contributed by atoms with Crippen molar-refractivity contribution >= 4 is 16.5 Å². The molecule has 0 N–H and O–H groups in total. The second-order valence-corrected chi connectivity index (χ2v) is 5.94.